The number of H-pyrrole nitrogens is 1. The van der Waals surface area contributed by atoms with Gasteiger partial charge in [-0.25, -0.2) is 0 Å². The molecule has 0 aliphatic carbocycles. The van der Waals surface area contributed by atoms with Crippen LogP contribution in [0.25, 0.3) is 31.2 Å². The fraction of sp³-hybridized carbons (Fsp3) is 0. The maximum absolute atomic E-state index is 3.48. The number of hydrogen-bond acceptors (Lipinski definition) is 2. The maximum atomic E-state index is 3.48. The van der Waals surface area contributed by atoms with Crippen molar-refractivity contribution in [2.24, 2.45) is 0 Å². The van der Waals surface area contributed by atoms with Gasteiger partial charge in [-0.2, -0.15) is 0 Å². The van der Waals surface area contributed by atoms with Crippen molar-refractivity contribution in [2.45, 2.75) is 0 Å². The first-order valence-corrected chi connectivity index (χ1v) is 7.81. The summed E-state index contributed by atoms with van der Waals surface area (Å²) in [4.78, 5) is 7.45. The van der Waals surface area contributed by atoms with Crippen molar-refractivity contribution in [2.75, 3.05) is 0 Å². The summed E-state index contributed by atoms with van der Waals surface area (Å²) in [7, 11) is 0. The predicted molar refractivity (Wildman–Crippen MR) is 84.9 cm³/mol. The highest BCUT2D eigenvalue weighted by atomic mass is 32.1. The molecule has 3 aromatic heterocycles. The van der Waals surface area contributed by atoms with Crippen molar-refractivity contribution in [1.29, 1.82) is 0 Å². The first-order chi connectivity index (χ1) is 9.40. The normalized spacial score (nSPS) is 11.2. The summed E-state index contributed by atoms with van der Waals surface area (Å²) in [5.74, 6) is 0. The quantitative estimate of drug-likeness (QED) is 0.490. The van der Waals surface area contributed by atoms with Crippen LogP contribution in [0.2, 0.25) is 0 Å². The van der Waals surface area contributed by atoms with Gasteiger partial charge in [0.2, 0.25) is 0 Å². The number of thiophene rings is 2. The third kappa shape index (κ3) is 1.91. The molecule has 3 heteroatoms. The Balaban J connectivity index is 1.80. The van der Waals surface area contributed by atoms with Gasteiger partial charge in [0.1, 0.15) is 0 Å². The predicted octanol–water partition coefficient (Wildman–Crippen LogP) is 5.62. The summed E-state index contributed by atoms with van der Waals surface area (Å²) in [6, 6.07) is 19.3. The van der Waals surface area contributed by atoms with Gasteiger partial charge in [0, 0.05) is 20.7 Å². The van der Waals surface area contributed by atoms with Crippen LogP contribution in [0.5, 0.6) is 0 Å². The molecule has 0 fully saturated rings. The van der Waals surface area contributed by atoms with E-state index in [1.807, 2.05) is 11.3 Å². The van der Waals surface area contributed by atoms with E-state index in [1.54, 1.807) is 11.3 Å². The Morgan fingerprint density at radius 2 is 1.68 bits per heavy atom. The highest BCUT2D eigenvalue weighted by Crippen LogP contribution is 2.36. The molecule has 0 spiro atoms. The van der Waals surface area contributed by atoms with Crippen LogP contribution in [0.3, 0.4) is 0 Å². The average molecular weight is 281 g/mol. The molecule has 1 nitrogen and oxygen atoms in total. The summed E-state index contributed by atoms with van der Waals surface area (Å²) in [5.41, 5.74) is 2.40. The van der Waals surface area contributed by atoms with Gasteiger partial charge in [-0.15, -0.1) is 22.7 Å². The number of aromatic nitrogens is 1. The molecule has 1 aromatic carbocycles. The Hall–Kier alpha value is -1.84. The highest BCUT2D eigenvalue weighted by Gasteiger charge is 2.07. The van der Waals surface area contributed by atoms with Gasteiger partial charge >= 0.3 is 0 Å². The van der Waals surface area contributed by atoms with Gasteiger partial charge < -0.3 is 4.98 Å². The molecule has 0 atom stereocenters. The highest BCUT2D eigenvalue weighted by molar-refractivity contribution is 7.23. The number of nitrogens with one attached hydrogen (secondary N) is 1. The first-order valence-electron chi connectivity index (χ1n) is 6.12. The largest absolute Gasteiger partial charge is 0.354 e. The molecule has 0 saturated heterocycles. The van der Waals surface area contributed by atoms with Crippen molar-refractivity contribution in [1.82, 2.24) is 4.98 Å². The molecule has 0 amide bonds. The molecular formula is C16H11NS2. The van der Waals surface area contributed by atoms with Crippen molar-refractivity contribution in [3.63, 3.8) is 0 Å². The molecule has 4 rings (SSSR count). The van der Waals surface area contributed by atoms with Gasteiger partial charge in [0.25, 0.3) is 0 Å². The molecule has 0 aliphatic rings. The zero-order chi connectivity index (χ0) is 12.7. The molecular weight excluding hydrogens is 270 g/mol. The van der Waals surface area contributed by atoms with Crippen LogP contribution in [-0.4, -0.2) is 4.98 Å². The van der Waals surface area contributed by atoms with Gasteiger partial charge in [0.15, 0.2) is 0 Å². The van der Waals surface area contributed by atoms with Crippen LogP contribution >= 0.6 is 22.7 Å². The SMILES string of the molecule is c1csc(-c2ccc(-c3cc4ccccc4[nH]3)s2)c1. The van der Waals surface area contributed by atoms with Crippen LogP contribution in [0.4, 0.5) is 0 Å². The van der Waals surface area contributed by atoms with Crippen molar-refractivity contribution in [3.05, 3.63) is 60.0 Å². The van der Waals surface area contributed by atoms with Gasteiger partial charge in [-0.05, 0) is 35.7 Å². The molecule has 0 bridgehead atoms. The number of para-hydroxylation sites is 1. The second kappa shape index (κ2) is 4.37. The molecule has 92 valence electrons. The van der Waals surface area contributed by atoms with E-state index in [2.05, 4.69) is 65.0 Å². The zero-order valence-corrected chi connectivity index (χ0v) is 11.7. The van der Waals surface area contributed by atoms with Gasteiger partial charge in [-0.3, -0.25) is 0 Å². The lowest BCUT2D eigenvalue weighted by Gasteiger charge is -1.91. The summed E-state index contributed by atoms with van der Waals surface area (Å²) >= 11 is 3.63. The van der Waals surface area contributed by atoms with Crippen molar-refractivity contribution < 1.29 is 0 Å². The van der Waals surface area contributed by atoms with E-state index in [0.29, 0.717) is 0 Å². The lowest BCUT2D eigenvalue weighted by molar-refractivity contribution is 1.48. The third-order valence-electron chi connectivity index (χ3n) is 3.17. The standard InChI is InChI=1S/C16H11NS2/c1-2-5-12-11(4-1)10-13(17-12)14-7-8-16(19-14)15-6-3-9-18-15/h1-10,17H. The summed E-state index contributed by atoms with van der Waals surface area (Å²) < 4.78 is 0. The lowest BCUT2D eigenvalue weighted by Crippen LogP contribution is -1.68. The van der Waals surface area contributed by atoms with Crippen LogP contribution in [0, 0.1) is 0 Å². The summed E-state index contributed by atoms with van der Waals surface area (Å²) in [6.07, 6.45) is 0. The Kier molecular flexibility index (Phi) is 2.53. The monoisotopic (exact) mass is 281 g/mol. The van der Waals surface area contributed by atoms with Crippen LogP contribution in [0.15, 0.2) is 60.0 Å². The fourth-order valence-corrected chi connectivity index (χ4v) is 4.05. The Labute approximate surface area is 119 Å². The Morgan fingerprint density at radius 1 is 0.789 bits per heavy atom. The average Bonchev–Trinajstić information content (AvgIpc) is 3.17. The molecule has 0 radical (unpaired) electrons. The molecule has 0 saturated carbocycles. The van der Waals surface area contributed by atoms with Gasteiger partial charge in [-0.1, -0.05) is 24.3 Å². The second-order valence-electron chi connectivity index (χ2n) is 4.41. The van der Waals surface area contributed by atoms with E-state index in [0.717, 1.165) is 0 Å². The zero-order valence-electron chi connectivity index (χ0n) is 10.1. The second-order valence-corrected chi connectivity index (χ2v) is 6.44. The molecule has 0 aliphatic heterocycles. The molecule has 4 aromatic rings. The Morgan fingerprint density at radius 3 is 2.53 bits per heavy atom. The van der Waals surface area contributed by atoms with E-state index in [9.17, 15) is 0 Å². The van der Waals surface area contributed by atoms with E-state index in [4.69, 9.17) is 0 Å². The fourth-order valence-electron chi connectivity index (χ4n) is 2.24. The minimum absolute atomic E-state index is 1.20. The third-order valence-corrected chi connectivity index (χ3v) is 5.35. The lowest BCUT2D eigenvalue weighted by atomic mass is 10.2. The van der Waals surface area contributed by atoms with Crippen LogP contribution < -0.4 is 0 Å². The van der Waals surface area contributed by atoms with E-state index >= 15 is 0 Å². The summed E-state index contributed by atoms with van der Waals surface area (Å²) in [5, 5.41) is 3.39. The van der Waals surface area contributed by atoms with E-state index in [-0.39, 0.29) is 0 Å². The number of benzene rings is 1. The molecule has 0 unspecified atom stereocenters. The molecule has 1 N–H and O–H groups in total. The van der Waals surface area contributed by atoms with Crippen molar-refractivity contribution >= 4 is 33.6 Å². The number of fused-ring (bicyclic) bond motifs is 1. The number of hydrogen-bond donors (Lipinski definition) is 1. The van der Waals surface area contributed by atoms with Crippen molar-refractivity contribution in [3.8, 4) is 20.3 Å². The summed E-state index contributed by atoms with van der Waals surface area (Å²) in [6.45, 7) is 0. The van der Waals surface area contributed by atoms with Gasteiger partial charge in [0.05, 0.1) is 10.6 Å². The minimum Gasteiger partial charge on any atom is -0.354 e. The first kappa shape index (κ1) is 11.0. The number of rotatable bonds is 2. The van der Waals surface area contributed by atoms with E-state index < -0.39 is 0 Å². The molecule has 19 heavy (non-hydrogen) atoms. The number of aromatic amines is 1. The van der Waals surface area contributed by atoms with Crippen LogP contribution in [0.1, 0.15) is 0 Å². The maximum Gasteiger partial charge on any atom is 0.0566 e. The Bertz CT molecular complexity index is 788. The van der Waals surface area contributed by atoms with Crippen LogP contribution in [-0.2, 0) is 0 Å². The van der Waals surface area contributed by atoms with E-state index in [1.165, 1.54) is 31.2 Å². The topological polar surface area (TPSA) is 15.8 Å². The minimum atomic E-state index is 1.20. The molecule has 3 heterocycles. The smallest absolute Gasteiger partial charge is 0.0566 e.